The highest BCUT2D eigenvalue weighted by molar-refractivity contribution is 5.76. The summed E-state index contributed by atoms with van der Waals surface area (Å²) < 4.78 is 12.6. The molecule has 0 aliphatic heterocycles. The monoisotopic (exact) mass is 342 g/mol. The van der Waals surface area contributed by atoms with E-state index in [1.54, 1.807) is 38.3 Å². The molecule has 3 aromatic rings. The lowest BCUT2D eigenvalue weighted by Gasteiger charge is -2.16. The predicted molar refractivity (Wildman–Crippen MR) is 94.9 cm³/mol. The van der Waals surface area contributed by atoms with Crippen LogP contribution in [0.2, 0.25) is 0 Å². The van der Waals surface area contributed by atoms with Gasteiger partial charge in [0.1, 0.15) is 36.1 Å². The van der Waals surface area contributed by atoms with Gasteiger partial charge in [0.25, 0.3) is 0 Å². The molecule has 1 heterocycles. The first-order valence-corrected chi connectivity index (χ1v) is 8.16. The van der Waals surface area contributed by atoms with Crippen molar-refractivity contribution in [2.24, 2.45) is 0 Å². The summed E-state index contributed by atoms with van der Waals surface area (Å²) in [5.41, 5.74) is 1.67. The van der Waals surface area contributed by atoms with Crippen molar-refractivity contribution in [1.82, 2.24) is 9.55 Å². The summed E-state index contributed by atoms with van der Waals surface area (Å²) in [6, 6.07) is 14.8. The lowest BCUT2D eigenvalue weighted by molar-refractivity contribution is 0.0895. The van der Waals surface area contributed by atoms with Gasteiger partial charge in [0.15, 0.2) is 0 Å². The molecule has 0 amide bonds. The second kappa shape index (κ2) is 7.55. The third-order valence-corrected chi connectivity index (χ3v) is 3.95. The number of rotatable bonds is 7. The standard InChI is InChI=1S/C19H22N2O4/c1-13(22)19-20-17-5-3-4-6-18(17)21(19)11-14(23)12-25-16-9-7-15(24-2)8-10-16/h3-10,13-14,22-23H,11-12H2,1-2H3/t13-,14-/m0/s1. The molecule has 2 atom stereocenters. The van der Waals surface area contributed by atoms with Crippen molar-refractivity contribution in [1.29, 1.82) is 0 Å². The highest BCUT2D eigenvalue weighted by Crippen LogP contribution is 2.22. The number of aromatic nitrogens is 2. The molecule has 0 aliphatic carbocycles. The molecule has 3 rings (SSSR count). The number of hydrogen-bond acceptors (Lipinski definition) is 5. The Balaban J connectivity index is 1.70. The van der Waals surface area contributed by atoms with Crippen LogP contribution in [0.3, 0.4) is 0 Å². The van der Waals surface area contributed by atoms with Crippen molar-refractivity contribution in [3.63, 3.8) is 0 Å². The molecule has 0 saturated carbocycles. The van der Waals surface area contributed by atoms with Gasteiger partial charge in [-0.3, -0.25) is 0 Å². The van der Waals surface area contributed by atoms with E-state index in [1.165, 1.54) is 0 Å². The second-order valence-corrected chi connectivity index (χ2v) is 5.89. The maximum absolute atomic E-state index is 10.4. The molecule has 6 heteroatoms. The van der Waals surface area contributed by atoms with E-state index >= 15 is 0 Å². The fourth-order valence-electron chi connectivity index (χ4n) is 2.73. The summed E-state index contributed by atoms with van der Waals surface area (Å²) in [7, 11) is 1.61. The van der Waals surface area contributed by atoms with E-state index in [2.05, 4.69) is 4.98 Å². The number of aliphatic hydroxyl groups excluding tert-OH is 2. The molecule has 25 heavy (non-hydrogen) atoms. The van der Waals surface area contributed by atoms with E-state index in [9.17, 15) is 10.2 Å². The summed E-state index contributed by atoms with van der Waals surface area (Å²) in [5, 5.41) is 20.3. The molecule has 0 fully saturated rings. The maximum Gasteiger partial charge on any atom is 0.138 e. The molecular weight excluding hydrogens is 320 g/mol. The van der Waals surface area contributed by atoms with Gasteiger partial charge in [-0.15, -0.1) is 0 Å². The lowest BCUT2D eigenvalue weighted by Crippen LogP contribution is -2.25. The van der Waals surface area contributed by atoms with Crippen molar-refractivity contribution < 1.29 is 19.7 Å². The normalized spacial score (nSPS) is 13.6. The molecule has 0 radical (unpaired) electrons. The average Bonchev–Trinajstić information content (AvgIpc) is 2.99. The van der Waals surface area contributed by atoms with Gasteiger partial charge in [0.05, 0.1) is 24.7 Å². The second-order valence-electron chi connectivity index (χ2n) is 5.89. The predicted octanol–water partition coefficient (Wildman–Crippen LogP) is 2.54. The number of hydrogen-bond donors (Lipinski definition) is 2. The first-order chi connectivity index (χ1) is 12.1. The van der Waals surface area contributed by atoms with Gasteiger partial charge >= 0.3 is 0 Å². The largest absolute Gasteiger partial charge is 0.497 e. The minimum absolute atomic E-state index is 0.137. The molecule has 0 saturated heterocycles. The van der Waals surface area contributed by atoms with E-state index < -0.39 is 12.2 Å². The Bertz CT molecular complexity index is 827. The Morgan fingerprint density at radius 2 is 1.72 bits per heavy atom. The summed E-state index contributed by atoms with van der Waals surface area (Å²) in [6.07, 6.45) is -1.46. The van der Waals surface area contributed by atoms with Crippen molar-refractivity contribution in [3.05, 3.63) is 54.4 Å². The van der Waals surface area contributed by atoms with Crippen LogP contribution in [0.5, 0.6) is 11.5 Å². The molecule has 0 unspecified atom stereocenters. The molecule has 1 aromatic heterocycles. The van der Waals surface area contributed by atoms with Gasteiger partial charge < -0.3 is 24.3 Å². The lowest BCUT2D eigenvalue weighted by atomic mass is 10.3. The molecule has 2 N–H and O–H groups in total. The number of aliphatic hydroxyl groups is 2. The average molecular weight is 342 g/mol. The number of benzene rings is 2. The Kier molecular flexibility index (Phi) is 5.21. The van der Waals surface area contributed by atoms with Crippen LogP contribution in [0.1, 0.15) is 18.9 Å². The van der Waals surface area contributed by atoms with Crippen LogP contribution in [0.25, 0.3) is 11.0 Å². The first kappa shape index (κ1) is 17.3. The summed E-state index contributed by atoms with van der Waals surface area (Å²) in [6.45, 7) is 2.09. The summed E-state index contributed by atoms with van der Waals surface area (Å²) in [5.74, 6) is 1.94. The van der Waals surface area contributed by atoms with E-state index in [4.69, 9.17) is 9.47 Å². The minimum Gasteiger partial charge on any atom is -0.497 e. The Morgan fingerprint density at radius 1 is 1.04 bits per heavy atom. The van der Waals surface area contributed by atoms with Crippen molar-refractivity contribution in [2.45, 2.75) is 25.7 Å². The van der Waals surface area contributed by atoms with Crippen LogP contribution in [0.4, 0.5) is 0 Å². The van der Waals surface area contributed by atoms with Gasteiger partial charge in [-0.25, -0.2) is 4.98 Å². The number of para-hydroxylation sites is 2. The van der Waals surface area contributed by atoms with Crippen molar-refractivity contribution >= 4 is 11.0 Å². The number of methoxy groups -OCH3 is 1. The summed E-state index contributed by atoms with van der Waals surface area (Å²) in [4.78, 5) is 4.45. The Labute approximate surface area is 146 Å². The topological polar surface area (TPSA) is 76.7 Å². The van der Waals surface area contributed by atoms with Gasteiger partial charge in [-0.1, -0.05) is 12.1 Å². The number of fused-ring (bicyclic) bond motifs is 1. The molecule has 0 spiro atoms. The number of ether oxygens (including phenoxy) is 2. The van der Waals surface area contributed by atoms with Crippen molar-refractivity contribution in [3.8, 4) is 11.5 Å². The fourth-order valence-corrected chi connectivity index (χ4v) is 2.73. The number of nitrogens with zero attached hydrogens (tertiary/aromatic N) is 2. The first-order valence-electron chi connectivity index (χ1n) is 8.16. The van der Waals surface area contributed by atoms with Crippen molar-refractivity contribution in [2.75, 3.05) is 13.7 Å². The van der Waals surface area contributed by atoms with Crippen LogP contribution in [0.15, 0.2) is 48.5 Å². The minimum atomic E-state index is -0.739. The molecular formula is C19H22N2O4. The van der Waals surface area contributed by atoms with E-state index in [0.29, 0.717) is 11.6 Å². The molecule has 0 bridgehead atoms. The van der Waals surface area contributed by atoms with Crippen LogP contribution in [-0.4, -0.2) is 39.6 Å². The highest BCUT2D eigenvalue weighted by Gasteiger charge is 2.17. The Hall–Kier alpha value is -2.57. The van der Waals surface area contributed by atoms with E-state index in [-0.39, 0.29) is 13.2 Å². The molecule has 2 aromatic carbocycles. The van der Waals surface area contributed by atoms with Gasteiger partial charge in [0.2, 0.25) is 0 Å². The van der Waals surface area contributed by atoms with Crippen LogP contribution >= 0.6 is 0 Å². The molecule has 6 nitrogen and oxygen atoms in total. The van der Waals surface area contributed by atoms with Gasteiger partial charge in [-0.2, -0.15) is 0 Å². The van der Waals surface area contributed by atoms with Crippen LogP contribution < -0.4 is 9.47 Å². The third kappa shape index (κ3) is 3.92. The van der Waals surface area contributed by atoms with Gasteiger partial charge in [0, 0.05) is 0 Å². The highest BCUT2D eigenvalue weighted by atomic mass is 16.5. The smallest absolute Gasteiger partial charge is 0.138 e. The third-order valence-electron chi connectivity index (χ3n) is 3.95. The summed E-state index contributed by atoms with van der Waals surface area (Å²) >= 11 is 0. The van der Waals surface area contributed by atoms with E-state index in [1.807, 2.05) is 28.8 Å². The van der Waals surface area contributed by atoms with Crippen LogP contribution in [0, 0.1) is 0 Å². The fraction of sp³-hybridized carbons (Fsp3) is 0.316. The molecule has 0 aliphatic rings. The SMILES string of the molecule is COc1ccc(OC[C@@H](O)Cn2c([C@H](C)O)nc3ccccc32)cc1. The van der Waals surface area contributed by atoms with E-state index in [0.717, 1.165) is 16.8 Å². The zero-order valence-corrected chi connectivity index (χ0v) is 14.3. The quantitative estimate of drug-likeness (QED) is 0.690. The van der Waals surface area contributed by atoms with Crippen LogP contribution in [-0.2, 0) is 6.54 Å². The maximum atomic E-state index is 10.4. The zero-order chi connectivity index (χ0) is 17.8. The molecule has 132 valence electrons. The Morgan fingerprint density at radius 3 is 2.40 bits per heavy atom. The van der Waals surface area contributed by atoms with Gasteiger partial charge in [-0.05, 0) is 43.3 Å². The number of imidazole rings is 1. The zero-order valence-electron chi connectivity index (χ0n) is 14.3.